The van der Waals surface area contributed by atoms with Crippen LogP contribution in [0.3, 0.4) is 0 Å². The zero-order chi connectivity index (χ0) is 18.1. The van der Waals surface area contributed by atoms with Crippen LogP contribution in [0.25, 0.3) is 0 Å². The van der Waals surface area contributed by atoms with Gasteiger partial charge in [-0.05, 0) is 24.8 Å². The Balaban J connectivity index is 1.70. The van der Waals surface area contributed by atoms with Crippen molar-refractivity contribution in [2.45, 2.75) is 19.8 Å². The number of dihydropyridines is 1. The molecule has 3 aliphatic rings. The van der Waals surface area contributed by atoms with E-state index in [1.165, 1.54) is 23.4 Å². The van der Waals surface area contributed by atoms with Crippen LogP contribution in [-0.4, -0.2) is 77.2 Å². The van der Waals surface area contributed by atoms with Crippen molar-refractivity contribution in [3.05, 3.63) is 11.0 Å². The van der Waals surface area contributed by atoms with Crippen LogP contribution in [0.2, 0.25) is 0 Å². The number of amides is 4. The van der Waals surface area contributed by atoms with Gasteiger partial charge in [0.1, 0.15) is 6.21 Å². The first-order valence-corrected chi connectivity index (χ1v) is 9.45. The number of amidine groups is 1. The lowest BCUT2D eigenvalue weighted by molar-refractivity contribution is -0.407. The van der Waals surface area contributed by atoms with E-state index in [2.05, 4.69) is 11.9 Å². The molecule has 134 valence electrons. The Labute approximate surface area is 151 Å². The van der Waals surface area contributed by atoms with E-state index in [-0.39, 0.29) is 11.8 Å². The number of rotatable bonds is 3. The topological polar surface area (TPSA) is 73.1 Å². The summed E-state index contributed by atoms with van der Waals surface area (Å²) < 4.78 is 1.39. The number of nitrogens with zero attached hydrogens (tertiary/aromatic N) is 4. The van der Waals surface area contributed by atoms with Gasteiger partial charge in [-0.15, -0.1) is 16.8 Å². The molecular weight excluding hydrogens is 340 g/mol. The van der Waals surface area contributed by atoms with Crippen LogP contribution in [0.15, 0.2) is 16.0 Å². The molecule has 1 fully saturated rings. The Morgan fingerprint density at radius 2 is 2.04 bits per heavy atom. The van der Waals surface area contributed by atoms with Crippen LogP contribution in [0.5, 0.6) is 0 Å². The minimum Gasteiger partial charge on any atom is -0.342 e. The number of likely N-dealkylation sites (tertiary alicyclic amines) is 1. The number of allylic oxidation sites excluding steroid dienone is 1. The average Bonchev–Trinajstić information content (AvgIpc) is 2.62. The number of aliphatic imine (C=N–C) groups is 1. The molecule has 0 aromatic rings. The second-order valence-electron chi connectivity index (χ2n) is 6.73. The van der Waals surface area contributed by atoms with Crippen LogP contribution < -0.4 is 0 Å². The molecule has 0 aromatic heterocycles. The van der Waals surface area contributed by atoms with Crippen LogP contribution >= 0.6 is 11.8 Å². The number of fused-ring (bicyclic) bond motifs is 1. The molecule has 0 N–H and O–H groups in total. The van der Waals surface area contributed by atoms with Gasteiger partial charge in [0.2, 0.25) is 5.91 Å². The summed E-state index contributed by atoms with van der Waals surface area (Å²) in [7, 11) is 3.08. The van der Waals surface area contributed by atoms with Crippen molar-refractivity contribution < 1.29 is 19.0 Å². The normalized spacial score (nSPS) is 24.6. The maximum Gasteiger partial charge on any atom is 0.445 e. The average molecular weight is 363 g/mol. The lowest BCUT2D eigenvalue weighted by Crippen LogP contribution is -2.52. The smallest absolute Gasteiger partial charge is 0.342 e. The lowest BCUT2D eigenvalue weighted by atomic mass is 9.99. The number of imide groups is 1. The van der Waals surface area contributed by atoms with Gasteiger partial charge in [-0.1, -0.05) is 6.92 Å². The second kappa shape index (κ2) is 7.11. The SMILES string of the molecule is CC1CCN(C(=O)CSC2=CC=NC3=[N+](C)C(=O)N(C)C(=O)C23)CC1. The number of hydrogen-bond donors (Lipinski definition) is 0. The van der Waals surface area contributed by atoms with Crippen molar-refractivity contribution in [2.75, 3.05) is 32.9 Å². The molecule has 1 atom stereocenters. The highest BCUT2D eigenvalue weighted by atomic mass is 32.2. The predicted molar refractivity (Wildman–Crippen MR) is 96.9 cm³/mol. The summed E-state index contributed by atoms with van der Waals surface area (Å²) in [6, 6.07) is -0.391. The third-order valence-corrected chi connectivity index (χ3v) is 6.08. The maximum atomic E-state index is 12.5. The fourth-order valence-electron chi connectivity index (χ4n) is 3.23. The van der Waals surface area contributed by atoms with Gasteiger partial charge in [0.05, 0.1) is 19.8 Å². The third kappa shape index (κ3) is 3.40. The molecule has 0 saturated carbocycles. The number of thioether (sulfide) groups is 1. The molecule has 0 aromatic carbocycles. The highest BCUT2D eigenvalue weighted by Gasteiger charge is 2.47. The minimum atomic E-state index is -0.600. The number of urea groups is 1. The summed E-state index contributed by atoms with van der Waals surface area (Å²) in [5.41, 5.74) is 0. The third-order valence-electron chi connectivity index (χ3n) is 4.98. The molecule has 0 spiro atoms. The summed E-state index contributed by atoms with van der Waals surface area (Å²) in [6.07, 6.45) is 5.44. The summed E-state index contributed by atoms with van der Waals surface area (Å²) in [5.74, 6) is 0.603. The Kier molecular flexibility index (Phi) is 5.08. The van der Waals surface area contributed by atoms with Gasteiger partial charge in [0, 0.05) is 18.0 Å². The first kappa shape index (κ1) is 17.8. The zero-order valence-corrected chi connectivity index (χ0v) is 15.6. The number of carbonyl (C=O) groups excluding carboxylic acids is 3. The molecule has 4 amide bonds. The highest BCUT2D eigenvalue weighted by molar-refractivity contribution is 8.03. The zero-order valence-electron chi connectivity index (χ0n) is 14.8. The van der Waals surface area contributed by atoms with E-state index in [9.17, 15) is 14.4 Å². The van der Waals surface area contributed by atoms with Crippen molar-refractivity contribution in [2.24, 2.45) is 16.8 Å². The Morgan fingerprint density at radius 1 is 1.36 bits per heavy atom. The quantitative estimate of drug-likeness (QED) is 0.706. The molecule has 0 aliphatic carbocycles. The molecule has 1 saturated heterocycles. The molecule has 25 heavy (non-hydrogen) atoms. The largest absolute Gasteiger partial charge is 0.445 e. The van der Waals surface area contributed by atoms with Crippen molar-refractivity contribution in [1.82, 2.24) is 9.80 Å². The van der Waals surface area contributed by atoms with Gasteiger partial charge in [0.15, 0.2) is 5.92 Å². The van der Waals surface area contributed by atoms with Gasteiger partial charge < -0.3 is 4.90 Å². The van der Waals surface area contributed by atoms with Crippen molar-refractivity contribution >= 4 is 41.7 Å². The van der Waals surface area contributed by atoms with E-state index >= 15 is 0 Å². The van der Waals surface area contributed by atoms with Crippen molar-refractivity contribution in [3.8, 4) is 0 Å². The minimum absolute atomic E-state index is 0.0999. The summed E-state index contributed by atoms with van der Waals surface area (Å²) in [6.45, 7) is 3.82. The fourth-order valence-corrected chi connectivity index (χ4v) is 4.24. The van der Waals surface area contributed by atoms with E-state index in [4.69, 9.17) is 0 Å². The van der Waals surface area contributed by atoms with Gasteiger partial charge in [-0.3, -0.25) is 9.59 Å². The van der Waals surface area contributed by atoms with E-state index in [0.29, 0.717) is 17.5 Å². The Bertz CT molecular complexity index is 705. The van der Waals surface area contributed by atoms with Crippen LogP contribution in [0.1, 0.15) is 19.8 Å². The van der Waals surface area contributed by atoms with E-state index in [1.807, 2.05) is 4.90 Å². The summed E-state index contributed by atoms with van der Waals surface area (Å²) in [4.78, 5) is 45.0. The fraction of sp³-hybridized carbons (Fsp3) is 0.588. The second-order valence-corrected chi connectivity index (χ2v) is 7.78. The molecule has 3 rings (SSSR count). The van der Waals surface area contributed by atoms with Crippen molar-refractivity contribution in [3.63, 3.8) is 0 Å². The Morgan fingerprint density at radius 3 is 2.72 bits per heavy atom. The van der Waals surface area contributed by atoms with E-state index in [1.54, 1.807) is 19.3 Å². The maximum absolute atomic E-state index is 12.5. The van der Waals surface area contributed by atoms with Crippen LogP contribution in [0, 0.1) is 11.8 Å². The molecule has 8 heteroatoms. The van der Waals surface area contributed by atoms with E-state index in [0.717, 1.165) is 35.7 Å². The molecule has 1 unspecified atom stereocenters. The monoisotopic (exact) mass is 363 g/mol. The lowest BCUT2D eigenvalue weighted by Gasteiger charge is -2.31. The molecule has 7 nitrogen and oxygen atoms in total. The number of hydrogen-bond acceptors (Lipinski definition) is 5. The van der Waals surface area contributed by atoms with Gasteiger partial charge in [-0.2, -0.15) is 9.48 Å². The summed E-state index contributed by atoms with van der Waals surface area (Å²) >= 11 is 1.37. The first-order valence-electron chi connectivity index (χ1n) is 8.47. The van der Waals surface area contributed by atoms with Gasteiger partial charge >= 0.3 is 11.9 Å². The van der Waals surface area contributed by atoms with E-state index < -0.39 is 11.9 Å². The number of carbonyl (C=O) groups is 3. The molecule has 0 bridgehead atoms. The molecular formula is C17H23N4O3S+. The summed E-state index contributed by atoms with van der Waals surface area (Å²) in [5, 5.41) is 0. The predicted octanol–water partition coefficient (Wildman–Crippen LogP) is 1.20. The van der Waals surface area contributed by atoms with Gasteiger partial charge in [-0.25, -0.2) is 4.79 Å². The standard InChI is InChI=1S/C17H23N4O3S/c1-11-5-8-21(9-6-11)13(22)10-25-12-4-7-18-15-14(12)16(23)20(3)17(24)19(15)2/h4,7,11,14H,5-6,8-10H2,1-3H3/q+1. The molecule has 0 radical (unpaired) electrons. The van der Waals surface area contributed by atoms with Crippen LogP contribution in [-0.2, 0) is 9.59 Å². The van der Waals surface area contributed by atoms with Crippen molar-refractivity contribution in [1.29, 1.82) is 0 Å². The molecule has 3 aliphatic heterocycles. The first-order chi connectivity index (χ1) is 11.9. The number of piperidine rings is 1. The molecule has 3 heterocycles. The highest BCUT2D eigenvalue weighted by Crippen LogP contribution is 2.32. The van der Waals surface area contributed by atoms with Gasteiger partial charge in [0.25, 0.3) is 5.84 Å². The Hall–Kier alpha value is -1.96. The van der Waals surface area contributed by atoms with Crippen LogP contribution in [0.4, 0.5) is 4.79 Å².